The van der Waals surface area contributed by atoms with Gasteiger partial charge in [-0.1, -0.05) is 0 Å². The predicted octanol–water partition coefficient (Wildman–Crippen LogP) is 0.579. The molecule has 0 bridgehead atoms. The number of amides is 1. The number of anilines is 2. The van der Waals surface area contributed by atoms with Crippen molar-refractivity contribution in [2.75, 3.05) is 96.6 Å². The number of methoxy groups -OCH3 is 3. The van der Waals surface area contributed by atoms with Gasteiger partial charge >= 0.3 is 0 Å². The maximum Gasteiger partial charge on any atom is 0.254 e. The van der Waals surface area contributed by atoms with E-state index in [0.717, 1.165) is 37.8 Å². The van der Waals surface area contributed by atoms with Crippen LogP contribution in [0.25, 0.3) is 0 Å². The topological polar surface area (TPSA) is 104 Å². The molecule has 3 heterocycles. The van der Waals surface area contributed by atoms with Crippen LogP contribution in [0.4, 0.5) is 11.6 Å². The number of piperazine rings is 2. The molecule has 2 saturated heterocycles. The van der Waals surface area contributed by atoms with Crippen molar-refractivity contribution in [3.8, 4) is 17.2 Å². The summed E-state index contributed by atoms with van der Waals surface area (Å²) in [6.07, 6.45) is 0. The maximum absolute atomic E-state index is 13.2. The third kappa shape index (κ3) is 5.51. The zero-order valence-corrected chi connectivity index (χ0v) is 20.6. The molecule has 1 amide bonds. The fourth-order valence-corrected chi connectivity index (χ4v) is 4.52. The van der Waals surface area contributed by atoms with Crippen molar-refractivity contribution in [2.45, 2.75) is 0 Å². The highest BCUT2D eigenvalue weighted by Gasteiger charge is 2.26. The largest absolute Gasteiger partial charge is 0.493 e. The highest BCUT2D eigenvalue weighted by molar-refractivity contribution is 5.95. The molecule has 0 atom stereocenters. The average molecular weight is 487 g/mol. The van der Waals surface area contributed by atoms with Gasteiger partial charge in [-0.15, -0.1) is 10.2 Å². The van der Waals surface area contributed by atoms with Gasteiger partial charge in [0.2, 0.25) is 5.75 Å². The second-order valence-electron chi connectivity index (χ2n) is 8.50. The second-order valence-corrected chi connectivity index (χ2v) is 8.50. The molecule has 35 heavy (non-hydrogen) atoms. The summed E-state index contributed by atoms with van der Waals surface area (Å²) in [5.74, 6) is 2.98. The van der Waals surface area contributed by atoms with Crippen molar-refractivity contribution < 1.29 is 24.1 Å². The van der Waals surface area contributed by atoms with Crippen molar-refractivity contribution in [3.63, 3.8) is 0 Å². The summed E-state index contributed by atoms with van der Waals surface area (Å²) < 4.78 is 16.1. The molecule has 11 nitrogen and oxygen atoms in total. The molecule has 1 N–H and O–H groups in total. The number of aliphatic hydroxyl groups is 1. The highest BCUT2D eigenvalue weighted by Crippen LogP contribution is 2.38. The zero-order chi connectivity index (χ0) is 24.8. The predicted molar refractivity (Wildman–Crippen MR) is 132 cm³/mol. The first kappa shape index (κ1) is 24.8. The quantitative estimate of drug-likeness (QED) is 0.570. The smallest absolute Gasteiger partial charge is 0.254 e. The number of ether oxygens (including phenoxy) is 3. The monoisotopic (exact) mass is 486 g/mol. The molecule has 2 aliphatic heterocycles. The van der Waals surface area contributed by atoms with E-state index in [4.69, 9.17) is 19.3 Å². The van der Waals surface area contributed by atoms with Gasteiger partial charge in [0.25, 0.3) is 5.91 Å². The average Bonchev–Trinajstić information content (AvgIpc) is 2.92. The van der Waals surface area contributed by atoms with Crippen LogP contribution >= 0.6 is 0 Å². The van der Waals surface area contributed by atoms with Crippen LogP contribution < -0.4 is 24.0 Å². The lowest BCUT2D eigenvalue weighted by Crippen LogP contribution is -2.49. The van der Waals surface area contributed by atoms with Gasteiger partial charge in [0.05, 0.1) is 27.9 Å². The summed E-state index contributed by atoms with van der Waals surface area (Å²) in [5, 5.41) is 18.0. The van der Waals surface area contributed by atoms with E-state index in [1.165, 1.54) is 21.3 Å². The number of hydrogen-bond donors (Lipinski definition) is 1. The van der Waals surface area contributed by atoms with Crippen LogP contribution in [-0.2, 0) is 0 Å². The van der Waals surface area contributed by atoms with Crippen LogP contribution in [0, 0.1) is 0 Å². The normalized spacial score (nSPS) is 16.9. The SMILES string of the molecule is COc1cc(C(=O)N2CCN(c3ccc(N4CCN(CCO)CC4)nn3)CC2)cc(OC)c1OC. The van der Waals surface area contributed by atoms with Crippen LogP contribution in [0.5, 0.6) is 17.2 Å². The van der Waals surface area contributed by atoms with E-state index >= 15 is 0 Å². The van der Waals surface area contributed by atoms with Gasteiger partial charge < -0.3 is 34.0 Å². The Kier molecular flexibility index (Phi) is 8.09. The molecule has 1 aromatic carbocycles. The Bertz CT molecular complexity index is 963. The zero-order valence-electron chi connectivity index (χ0n) is 20.6. The van der Waals surface area contributed by atoms with E-state index in [0.29, 0.717) is 55.5 Å². The molecule has 0 saturated carbocycles. The van der Waals surface area contributed by atoms with E-state index in [1.807, 2.05) is 17.0 Å². The van der Waals surface area contributed by atoms with E-state index in [-0.39, 0.29) is 12.5 Å². The lowest BCUT2D eigenvalue weighted by atomic mass is 10.1. The molecule has 0 radical (unpaired) electrons. The Morgan fingerprint density at radius 1 is 0.829 bits per heavy atom. The Morgan fingerprint density at radius 2 is 1.34 bits per heavy atom. The van der Waals surface area contributed by atoms with Gasteiger partial charge in [-0.2, -0.15) is 0 Å². The van der Waals surface area contributed by atoms with Crippen molar-refractivity contribution in [2.24, 2.45) is 0 Å². The molecule has 2 fully saturated rings. The van der Waals surface area contributed by atoms with Gasteiger partial charge in [0.1, 0.15) is 0 Å². The summed E-state index contributed by atoms with van der Waals surface area (Å²) in [7, 11) is 4.61. The number of nitrogens with zero attached hydrogens (tertiary/aromatic N) is 6. The first-order valence-electron chi connectivity index (χ1n) is 11.8. The summed E-state index contributed by atoms with van der Waals surface area (Å²) >= 11 is 0. The standard InChI is InChI=1S/C24H34N6O5/c1-33-19-16-18(17-20(34-2)23(19)35-3)24(32)30-12-10-29(11-13-30)22-5-4-21(25-26-22)28-8-6-27(7-9-28)14-15-31/h4-5,16-17,31H,6-15H2,1-3H3. The molecule has 1 aromatic heterocycles. The minimum absolute atomic E-state index is 0.0781. The minimum Gasteiger partial charge on any atom is -0.493 e. The van der Waals surface area contributed by atoms with Gasteiger partial charge in [-0.25, -0.2) is 0 Å². The number of carbonyl (C=O) groups excluding carboxylic acids is 1. The fourth-order valence-electron chi connectivity index (χ4n) is 4.52. The van der Waals surface area contributed by atoms with E-state index in [1.54, 1.807) is 12.1 Å². The Labute approximate surface area is 205 Å². The minimum atomic E-state index is -0.0781. The van der Waals surface area contributed by atoms with E-state index in [9.17, 15) is 4.79 Å². The lowest BCUT2D eigenvalue weighted by molar-refractivity contribution is 0.0745. The van der Waals surface area contributed by atoms with Crippen LogP contribution in [0.2, 0.25) is 0 Å². The lowest BCUT2D eigenvalue weighted by Gasteiger charge is -2.36. The van der Waals surface area contributed by atoms with Crippen LogP contribution in [-0.4, -0.2) is 118 Å². The third-order valence-corrected chi connectivity index (χ3v) is 6.55. The number of aliphatic hydroxyl groups excluding tert-OH is 1. The molecule has 190 valence electrons. The van der Waals surface area contributed by atoms with Crippen LogP contribution in [0.1, 0.15) is 10.4 Å². The molecular weight excluding hydrogens is 452 g/mol. The van der Waals surface area contributed by atoms with Gasteiger partial charge in [-0.3, -0.25) is 9.69 Å². The van der Waals surface area contributed by atoms with E-state index in [2.05, 4.69) is 24.9 Å². The van der Waals surface area contributed by atoms with Crippen molar-refractivity contribution in [1.82, 2.24) is 20.0 Å². The molecule has 11 heteroatoms. The number of rotatable bonds is 8. The number of hydrogen-bond acceptors (Lipinski definition) is 10. The molecule has 2 aliphatic rings. The van der Waals surface area contributed by atoms with Crippen LogP contribution in [0.15, 0.2) is 24.3 Å². The molecule has 0 spiro atoms. The van der Waals surface area contributed by atoms with Gasteiger partial charge in [-0.05, 0) is 24.3 Å². The van der Waals surface area contributed by atoms with Crippen molar-refractivity contribution in [1.29, 1.82) is 0 Å². The number of aromatic nitrogens is 2. The summed E-state index contributed by atoms with van der Waals surface area (Å²) in [6, 6.07) is 7.38. The van der Waals surface area contributed by atoms with Gasteiger partial charge in [0.15, 0.2) is 23.1 Å². The number of benzene rings is 1. The number of carbonyl (C=O) groups is 1. The Morgan fingerprint density at radius 3 is 1.77 bits per heavy atom. The number of β-amino-alcohol motifs (C(OH)–C–C–N with tert-alkyl or cyclic N) is 1. The Balaban J connectivity index is 1.35. The second kappa shape index (κ2) is 11.4. The Hall–Kier alpha value is -3.31. The summed E-state index contributed by atoms with van der Waals surface area (Å²) in [4.78, 5) is 21.6. The molecular formula is C24H34N6O5. The first-order chi connectivity index (χ1) is 17.1. The summed E-state index contributed by atoms with van der Waals surface area (Å²) in [6.45, 7) is 6.96. The molecule has 0 aliphatic carbocycles. The van der Waals surface area contributed by atoms with Gasteiger partial charge in [0, 0.05) is 64.5 Å². The third-order valence-electron chi connectivity index (χ3n) is 6.55. The maximum atomic E-state index is 13.2. The van der Waals surface area contributed by atoms with E-state index < -0.39 is 0 Å². The van der Waals surface area contributed by atoms with Crippen molar-refractivity contribution in [3.05, 3.63) is 29.8 Å². The van der Waals surface area contributed by atoms with Crippen molar-refractivity contribution >= 4 is 17.5 Å². The summed E-state index contributed by atoms with van der Waals surface area (Å²) in [5.41, 5.74) is 0.496. The molecule has 4 rings (SSSR count). The molecule has 0 unspecified atom stereocenters. The fraction of sp³-hybridized carbons (Fsp3) is 0.542. The van der Waals surface area contributed by atoms with Crippen LogP contribution in [0.3, 0.4) is 0 Å². The first-order valence-corrected chi connectivity index (χ1v) is 11.8. The molecule has 2 aromatic rings. The highest BCUT2D eigenvalue weighted by atomic mass is 16.5.